The Bertz CT molecular complexity index is 704. The zero-order valence-corrected chi connectivity index (χ0v) is 11.9. The lowest BCUT2D eigenvalue weighted by Gasteiger charge is -2.19. The van der Waals surface area contributed by atoms with Crippen molar-refractivity contribution in [2.24, 2.45) is 5.73 Å². The van der Waals surface area contributed by atoms with E-state index in [0.29, 0.717) is 6.54 Å². The predicted octanol–water partition coefficient (Wildman–Crippen LogP) is 3.22. The fraction of sp³-hybridized carbons (Fsp3) is 0.167. The van der Waals surface area contributed by atoms with Crippen LogP contribution in [0.2, 0.25) is 0 Å². The van der Waals surface area contributed by atoms with Crippen LogP contribution in [0.15, 0.2) is 66.9 Å². The van der Waals surface area contributed by atoms with Crippen molar-refractivity contribution in [1.82, 2.24) is 4.98 Å². The Morgan fingerprint density at radius 1 is 0.952 bits per heavy atom. The van der Waals surface area contributed by atoms with E-state index in [2.05, 4.69) is 40.6 Å². The summed E-state index contributed by atoms with van der Waals surface area (Å²) in [4.78, 5) is 4.39. The summed E-state index contributed by atoms with van der Waals surface area (Å²) in [5.74, 6) is 0. The molecule has 0 aliphatic carbocycles. The number of benzene rings is 2. The van der Waals surface area contributed by atoms with Gasteiger partial charge in [-0.2, -0.15) is 0 Å². The van der Waals surface area contributed by atoms with Crippen LogP contribution in [-0.4, -0.2) is 17.6 Å². The maximum atomic E-state index is 5.93. The minimum absolute atomic E-state index is 0.207. The summed E-state index contributed by atoms with van der Waals surface area (Å²) >= 11 is 0. The summed E-state index contributed by atoms with van der Waals surface area (Å²) in [7, 11) is 0. The molecule has 0 amide bonds. The third-order valence-corrected chi connectivity index (χ3v) is 3.62. The minimum Gasteiger partial charge on any atom is -0.380 e. The number of anilines is 1. The number of hydrogen-bond acceptors (Lipinski definition) is 3. The number of fused-ring (bicyclic) bond motifs is 1. The van der Waals surface area contributed by atoms with E-state index in [1.807, 2.05) is 36.5 Å². The third-order valence-electron chi connectivity index (χ3n) is 3.62. The molecule has 0 saturated heterocycles. The summed E-state index contributed by atoms with van der Waals surface area (Å²) in [6.07, 6.45) is 2.74. The van der Waals surface area contributed by atoms with Crippen LogP contribution in [0.3, 0.4) is 0 Å². The quantitative estimate of drug-likeness (QED) is 0.753. The van der Waals surface area contributed by atoms with Crippen molar-refractivity contribution in [3.8, 4) is 0 Å². The molecule has 2 aromatic carbocycles. The standard InChI is InChI=1S/C18H19N3/c19-13-15(12-14-6-2-1-3-7-14)21-18-10-11-20-17-9-5-4-8-16(17)18/h1-11,15H,12-13,19H2,(H,20,21). The van der Waals surface area contributed by atoms with E-state index in [1.165, 1.54) is 5.56 Å². The SMILES string of the molecule is NCC(Cc1ccccc1)Nc1ccnc2ccccc12. The maximum Gasteiger partial charge on any atom is 0.0722 e. The molecule has 0 saturated carbocycles. The lowest BCUT2D eigenvalue weighted by atomic mass is 10.1. The molecular weight excluding hydrogens is 258 g/mol. The smallest absolute Gasteiger partial charge is 0.0722 e. The summed E-state index contributed by atoms with van der Waals surface area (Å²) in [5.41, 5.74) is 9.31. The third kappa shape index (κ3) is 3.20. The predicted molar refractivity (Wildman–Crippen MR) is 88.4 cm³/mol. The average molecular weight is 277 g/mol. The summed E-state index contributed by atoms with van der Waals surface area (Å²) in [5, 5.41) is 4.69. The van der Waals surface area contributed by atoms with Crippen LogP contribution >= 0.6 is 0 Å². The van der Waals surface area contributed by atoms with E-state index < -0.39 is 0 Å². The Hall–Kier alpha value is -2.39. The molecule has 0 aliphatic rings. The number of nitrogens with one attached hydrogen (secondary N) is 1. The van der Waals surface area contributed by atoms with Gasteiger partial charge in [0.1, 0.15) is 0 Å². The molecule has 3 heteroatoms. The van der Waals surface area contributed by atoms with E-state index >= 15 is 0 Å². The van der Waals surface area contributed by atoms with Gasteiger partial charge in [0.05, 0.1) is 5.52 Å². The second-order valence-electron chi connectivity index (χ2n) is 5.14. The van der Waals surface area contributed by atoms with Crippen LogP contribution in [0, 0.1) is 0 Å². The molecule has 1 aromatic heterocycles. The molecule has 106 valence electrons. The van der Waals surface area contributed by atoms with Gasteiger partial charge in [0.15, 0.2) is 0 Å². The Kier molecular flexibility index (Phi) is 4.12. The van der Waals surface area contributed by atoms with Crippen LogP contribution < -0.4 is 11.1 Å². The number of para-hydroxylation sites is 1. The Morgan fingerprint density at radius 3 is 2.52 bits per heavy atom. The van der Waals surface area contributed by atoms with E-state index in [4.69, 9.17) is 5.73 Å². The number of rotatable bonds is 5. The molecule has 1 atom stereocenters. The van der Waals surface area contributed by atoms with Crippen molar-refractivity contribution in [2.45, 2.75) is 12.5 Å². The molecule has 3 N–H and O–H groups in total. The van der Waals surface area contributed by atoms with Crippen LogP contribution in [0.1, 0.15) is 5.56 Å². The molecule has 1 heterocycles. The first-order valence-corrected chi connectivity index (χ1v) is 7.21. The summed E-state index contributed by atoms with van der Waals surface area (Å²) < 4.78 is 0. The largest absolute Gasteiger partial charge is 0.380 e. The molecule has 0 fully saturated rings. The first-order valence-electron chi connectivity index (χ1n) is 7.21. The lowest BCUT2D eigenvalue weighted by Crippen LogP contribution is -2.31. The second kappa shape index (κ2) is 6.37. The highest BCUT2D eigenvalue weighted by atomic mass is 14.9. The van der Waals surface area contributed by atoms with Crippen molar-refractivity contribution >= 4 is 16.6 Å². The zero-order valence-electron chi connectivity index (χ0n) is 11.9. The molecule has 1 unspecified atom stereocenters. The number of nitrogens with zero attached hydrogens (tertiary/aromatic N) is 1. The normalized spacial score (nSPS) is 12.2. The van der Waals surface area contributed by atoms with Crippen molar-refractivity contribution in [3.63, 3.8) is 0 Å². The van der Waals surface area contributed by atoms with Gasteiger partial charge in [-0.15, -0.1) is 0 Å². The van der Waals surface area contributed by atoms with Gasteiger partial charge in [0.25, 0.3) is 0 Å². The van der Waals surface area contributed by atoms with Gasteiger partial charge < -0.3 is 11.1 Å². The van der Waals surface area contributed by atoms with Crippen molar-refractivity contribution in [3.05, 3.63) is 72.4 Å². The Morgan fingerprint density at radius 2 is 1.71 bits per heavy atom. The molecule has 0 bridgehead atoms. The molecule has 21 heavy (non-hydrogen) atoms. The van der Waals surface area contributed by atoms with E-state index in [9.17, 15) is 0 Å². The molecule has 0 aliphatic heterocycles. The monoisotopic (exact) mass is 277 g/mol. The van der Waals surface area contributed by atoms with Gasteiger partial charge in [-0.1, -0.05) is 48.5 Å². The van der Waals surface area contributed by atoms with E-state index in [-0.39, 0.29) is 6.04 Å². The van der Waals surface area contributed by atoms with Crippen molar-refractivity contribution in [1.29, 1.82) is 0 Å². The molecule has 0 spiro atoms. The zero-order chi connectivity index (χ0) is 14.5. The topological polar surface area (TPSA) is 50.9 Å². The fourth-order valence-corrected chi connectivity index (χ4v) is 2.53. The highest BCUT2D eigenvalue weighted by molar-refractivity contribution is 5.90. The average Bonchev–Trinajstić information content (AvgIpc) is 2.55. The van der Waals surface area contributed by atoms with Gasteiger partial charge in [0, 0.05) is 29.9 Å². The van der Waals surface area contributed by atoms with Gasteiger partial charge in [0.2, 0.25) is 0 Å². The lowest BCUT2D eigenvalue weighted by molar-refractivity contribution is 0.725. The Labute approximate surface area is 124 Å². The van der Waals surface area contributed by atoms with Crippen molar-refractivity contribution in [2.75, 3.05) is 11.9 Å². The highest BCUT2D eigenvalue weighted by Crippen LogP contribution is 2.22. The fourth-order valence-electron chi connectivity index (χ4n) is 2.53. The van der Waals surface area contributed by atoms with Crippen LogP contribution in [0.4, 0.5) is 5.69 Å². The van der Waals surface area contributed by atoms with Crippen LogP contribution in [-0.2, 0) is 6.42 Å². The molecule has 3 rings (SSSR count). The van der Waals surface area contributed by atoms with Crippen LogP contribution in [0.25, 0.3) is 10.9 Å². The maximum absolute atomic E-state index is 5.93. The summed E-state index contributed by atoms with van der Waals surface area (Å²) in [6, 6.07) is 20.8. The number of pyridine rings is 1. The number of nitrogens with two attached hydrogens (primary N) is 1. The first kappa shape index (κ1) is 13.6. The first-order chi connectivity index (χ1) is 10.4. The Balaban J connectivity index is 1.82. The second-order valence-corrected chi connectivity index (χ2v) is 5.14. The molecule has 3 aromatic rings. The summed E-state index contributed by atoms with van der Waals surface area (Å²) in [6.45, 7) is 0.589. The van der Waals surface area contributed by atoms with E-state index in [0.717, 1.165) is 23.0 Å². The van der Waals surface area contributed by atoms with Crippen LogP contribution in [0.5, 0.6) is 0 Å². The molecule has 3 nitrogen and oxygen atoms in total. The molecule has 0 radical (unpaired) electrons. The number of aromatic nitrogens is 1. The van der Waals surface area contributed by atoms with Gasteiger partial charge in [-0.3, -0.25) is 4.98 Å². The van der Waals surface area contributed by atoms with Gasteiger partial charge >= 0.3 is 0 Å². The minimum atomic E-state index is 0.207. The van der Waals surface area contributed by atoms with Gasteiger partial charge in [-0.05, 0) is 24.1 Å². The highest BCUT2D eigenvalue weighted by Gasteiger charge is 2.09. The number of hydrogen-bond donors (Lipinski definition) is 2. The molecular formula is C18H19N3. The van der Waals surface area contributed by atoms with Crippen molar-refractivity contribution < 1.29 is 0 Å². The van der Waals surface area contributed by atoms with E-state index in [1.54, 1.807) is 0 Å². The van der Waals surface area contributed by atoms with Gasteiger partial charge in [-0.25, -0.2) is 0 Å².